The number of carbonyl (C=O) groups excluding carboxylic acids is 2. The summed E-state index contributed by atoms with van der Waals surface area (Å²) in [6, 6.07) is 8.39. The van der Waals surface area contributed by atoms with Crippen LogP contribution >= 0.6 is 0 Å². The van der Waals surface area contributed by atoms with E-state index in [4.69, 9.17) is 4.74 Å². The van der Waals surface area contributed by atoms with Crippen molar-refractivity contribution in [2.24, 2.45) is 0 Å². The maximum atomic E-state index is 13.8. The average Bonchev–Trinajstić information content (AvgIpc) is 2.72. The zero-order valence-corrected chi connectivity index (χ0v) is 20.1. The summed E-state index contributed by atoms with van der Waals surface area (Å²) in [6.45, 7) is 10.3. The van der Waals surface area contributed by atoms with E-state index >= 15 is 0 Å². The molecule has 0 spiro atoms. The van der Waals surface area contributed by atoms with Crippen molar-refractivity contribution in [2.75, 3.05) is 5.32 Å². The van der Waals surface area contributed by atoms with Gasteiger partial charge in [-0.25, -0.2) is 9.18 Å². The van der Waals surface area contributed by atoms with Gasteiger partial charge in [0.25, 0.3) is 5.91 Å². The molecule has 5 nitrogen and oxygen atoms in total. The quantitative estimate of drug-likeness (QED) is 0.437. The fourth-order valence-corrected chi connectivity index (χ4v) is 3.36. The van der Waals surface area contributed by atoms with Gasteiger partial charge in [-0.15, -0.1) is 0 Å². The van der Waals surface area contributed by atoms with Gasteiger partial charge in [0, 0.05) is 11.3 Å². The number of aryl methyl sites for hydroxylation is 2. The van der Waals surface area contributed by atoms with Crippen LogP contribution in [0.1, 0.15) is 79.4 Å². The molecule has 34 heavy (non-hydrogen) atoms. The minimum absolute atomic E-state index is 0.307. The highest BCUT2D eigenvalue weighted by Crippen LogP contribution is 2.38. The van der Waals surface area contributed by atoms with E-state index in [0.29, 0.717) is 28.8 Å². The predicted molar refractivity (Wildman–Crippen MR) is 123 cm³/mol. The molecule has 0 radical (unpaired) electrons. The molecule has 0 heterocycles. The second-order valence-corrected chi connectivity index (χ2v) is 9.07. The van der Waals surface area contributed by atoms with Crippen molar-refractivity contribution in [3.8, 4) is 0 Å². The molecule has 0 aromatic heterocycles. The first-order valence-electron chi connectivity index (χ1n) is 10.9. The molecule has 2 aromatic carbocycles. The third kappa shape index (κ3) is 7.20. The number of rotatable bonds is 6. The van der Waals surface area contributed by atoms with Crippen LogP contribution in [-0.4, -0.2) is 23.8 Å². The molecule has 2 rings (SSSR count). The predicted octanol–water partition coefficient (Wildman–Crippen LogP) is 6.97. The van der Waals surface area contributed by atoms with Crippen molar-refractivity contribution in [1.29, 1.82) is 0 Å². The molecule has 0 aliphatic carbocycles. The van der Waals surface area contributed by atoms with E-state index in [1.54, 1.807) is 58.9 Å². The number of carbonyl (C=O) groups is 2. The SMILES string of the molecule is CCc1cc(C(F)C(F)(F)F)cc(C)c1NC(=O)c1ccc(C(C)NC(=O)OC(C)(C)C)cc1. The Morgan fingerprint density at radius 2 is 1.62 bits per heavy atom. The van der Waals surface area contributed by atoms with Crippen LogP contribution in [0.2, 0.25) is 0 Å². The van der Waals surface area contributed by atoms with Gasteiger partial charge in [-0.2, -0.15) is 13.2 Å². The Morgan fingerprint density at radius 3 is 2.12 bits per heavy atom. The molecule has 0 aliphatic heterocycles. The highest BCUT2D eigenvalue weighted by molar-refractivity contribution is 6.05. The number of hydrogen-bond acceptors (Lipinski definition) is 3. The first-order valence-corrected chi connectivity index (χ1v) is 10.9. The summed E-state index contributed by atoms with van der Waals surface area (Å²) in [7, 11) is 0. The maximum absolute atomic E-state index is 13.8. The molecule has 9 heteroatoms. The number of anilines is 1. The van der Waals surface area contributed by atoms with Crippen molar-refractivity contribution in [3.05, 3.63) is 64.2 Å². The number of amides is 2. The second-order valence-electron chi connectivity index (χ2n) is 9.07. The molecule has 0 saturated heterocycles. The lowest BCUT2D eigenvalue weighted by Crippen LogP contribution is -2.34. The summed E-state index contributed by atoms with van der Waals surface area (Å²) < 4.78 is 57.4. The number of ether oxygens (including phenoxy) is 1. The van der Waals surface area contributed by atoms with Gasteiger partial charge >= 0.3 is 12.3 Å². The highest BCUT2D eigenvalue weighted by Gasteiger charge is 2.41. The van der Waals surface area contributed by atoms with Crippen LogP contribution in [0.5, 0.6) is 0 Å². The number of hydrogen-bond donors (Lipinski definition) is 2. The third-order valence-corrected chi connectivity index (χ3v) is 5.05. The van der Waals surface area contributed by atoms with Crippen LogP contribution in [0.15, 0.2) is 36.4 Å². The Labute approximate surface area is 196 Å². The molecule has 2 amide bonds. The molecule has 2 aromatic rings. The topological polar surface area (TPSA) is 67.4 Å². The zero-order chi connectivity index (χ0) is 25.8. The Bertz CT molecular complexity index is 1030. The molecule has 2 atom stereocenters. The first kappa shape index (κ1) is 27.1. The van der Waals surface area contributed by atoms with E-state index in [2.05, 4.69) is 10.6 Å². The van der Waals surface area contributed by atoms with E-state index in [0.717, 1.165) is 17.7 Å². The van der Waals surface area contributed by atoms with E-state index in [9.17, 15) is 27.2 Å². The fourth-order valence-electron chi connectivity index (χ4n) is 3.36. The molecule has 2 unspecified atom stereocenters. The van der Waals surface area contributed by atoms with Crippen LogP contribution in [0, 0.1) is 6.92 Å². The van der Waals surface area contributed by atoms with E-state index in [1.165, 1.54) is 6.92 Å². The summed E-state index contributed by atoms with van der Waals surface area (Å²) >= 11 is 0. The Balaban J connectivity index is 2.16. The maximum Gasteiger partial charge on any atom is 0.423 e. The second kappa shape index (κ2) is 10.4. The van der Waals surface area contributed by atoms with Gasteiger partial charge in [-0.3, -0.25) is 4.79 Å². The molecule has 0 saturated carbocycles. The third-order valence-electron chi connectivity index (χ3n) is 5.05. The molecular formula is C25H30F4N2O3. The molecular weight excluding hydrogens is 452 g/mol. The minimum Gasteiger partial charge on any atom is -0.444 e. The van der Waals surface area contributed by atoms with E-state index in [1.807, 2.05) is 0 Å². The standard InChI is InChI=1S/C25H30F4N2O3/c1-7-16-13-19(21(26)25(27,28)29)12-14(2)20(16)31-22(32)18-10-8-17(9-11-18)15(3)30-23(33)34-24(4,5)6/h8-13,15,21H,7H2,1-6H3,(H,30,33)(H,31,32). The number of nitrogens with one attached hydrogen (secondary N) is 2. The minimum atomic E-state index is -5.00. The van der Waals surface area contributed by atoms with Gasteiger partial charge in [0.2, 0.25) is 6.17 Å². The van der Waals surface area contributed by atoms with Gasteiger partial charge in [0.15, 0.2) is 0 Å². The largest absolute Gasteiger partial charge is 0.444 e. The molecule has 0 aliphatic rings. The Hall–Kier alpha value is -3.10. The van der Waals surface area contributed by atoms with Crippen LogP contribution in [-0.2, 0) is 11.2 Å². The number of alkyl carbamates (subject to hydrolysis) is 1. The summed E-state index contributed by atoms with van der Waals surface area (Å²) in [6.07, 6.45) is -8.35. The zero-order valence-electron chi connectivity index (χ0n) is 20.1. The monoisotopic (exact) mass is 482 g/mol. The first-order chi connectivity index (χ1) is 15.6. The molecule has 186 valence electrons. The van der Waals surface area contributed by atoms with Crippen LogP contribution in [0.3, 0.4) is 0 Å². The normalized spacial score (nSPS) is 13.7. The van der Waals surface area contributed by atoms with Crippen LogP contribution in [0.25, 0.3) is 0 Å². The van der Waals surface area contributed by atoms with Gasteiger partial charge in [0.05, 0.1) is 6.04 Å². The van der Waals surface area contributed by atoms with E-state index < -0.39 is 35.5 Å². The lowest BCUT2D eigenvalue weighted by atomic mass is 9.98. The van der Waals surface area contributed by atoms with Crippen molar-refractivity contribution in [3.63, 3.8) is 0 Å². The Kier molecular flexibility index (Phi) is 8.34. The van der Waals surface area contributed by atoms with Gasteiger partial charge in [-0.05, 0) is 75.4 Å². The van der Waals surface area contributed by atoms with Crippen molar-refractivity contribution >= 4 is 17.7 Å². The van der Waals surface area contributed by atoms with E-state index in [-0.39, 0.29) is 6.04 Å². The smallest absolute Gasteiger partial charge is 0.423 e. The Morgan fingerprint density at radius 1 is 1.03 bits per heavy atom. The fraction of sp³-hybridized carbons (Fsp3) is 0.440. The number of alkyl halides is 4. The van der Waals surface area contributed by atoms with Crippen molar-refractivity contribution < 1.29 is 31.9 Å². The summed E-state index contributed by atoms with van der Waals surface area (Å²) in [5.41, 5.74) is 1.04. The van der Waals surface area contributed by atoms with Gasteiger partial charge in [-0.1, -0.05) is 31.2 Å². The van der Waals surface area contributed by atoms with Gasteiger partial charge < -0.3 is 15.4 Å². The molecule has 2 N–H and O–H groups in total. The molecule has 0 fully saturated rings. The summed E-state index contributed by atoms with van der Waals surface area (Å²) in [5.74, 6) is -0.461. The summed E-state index contributed by atoms with van der Waals surface area (Å²) in [5, 5.41) is 5.44. The van der Waals surface area contributed by atoms with Gasteiger partial charge in [0.1, 0.15) is 5.60 Å². The average molecular weight is 483 g/mol. The lowest BCUT2D eigenvalue weighted by molar-refractivity contribution is -0.182. The van der Waals surface area contributed by atoms with Crippen molar-refractivity contribution in [2.45, 2.75) is 72.0 Å². The van der Waals surface area contributed by atoms with Crippen LogP contribution in [0.4, 0.5) is 28.0 Å². The van der Waals surface area contributed by atoms with Crippen molar-refractivity contribution in [1.82, 2.24) is 5.32 Å². The number of halogens is 4. The lowest BCUT2D eigenvalue weighted by Gasteiger charge is -2.22. The number of benzene rings is 2. The van der Waals surface area contributed by atoms with Crippen LogP contribution < -0.4 is 10.6 Å². The highest BCUT2D eigenvalue weighted by atomic mass is 19.4. The molecule has 0 bridgehead atoms. The summed E-state index contributed by atoms with van der Waals surface area (Å²) in [4.78, 5) is 24.7.